The van der Waals surface area contributed by atoms with Crippen LogP contribution in [0, 0.1) is 11.6 Å². The van der Waals surface area contributed by atoms with E-state index in [0.29, 0.717) is 60.2 Å². The zero-order valence-corrected chi connectivity index (χ0v) is 25.1. The number of ether oxygens (including phenoxy) is 2. The van der Waals surface area contributed by atoms with E-state index in [1.165, 1.54) is 7.11 Å². The Hall–Kier alpha value is -2.99. The molecular weight excluding hydrogens is 589 g/mol. The molecule has 42 heavy (non-hydrogen) atoms. The lowest BCUT2D eigenvalue weighted by Gasteiger charge is -2.34. The van der Waals surface area contributed by atoms with Crippen LogP contribution >= 0.6 is 23.2 Å². The predicted octanol–water partition coefficient (Wildman–Crippen LogP) is 5.55. The van der Waals surface area contributed by atoms with Gasteiger partial charge in [0, 0.05) is 55.9 Å². The normalized spacial score (nSPS) is 18.0. The number of benzene rings is 2. The fraction of sp³-hybridized carbons (Fsp3) is 0.483. The summed E-state index contributed by atoms with van der Waals surface area (Å²) in [5.74, 6) is -0.659. The molecule has 1 amide bonds. The Bertz CT molecular complexity index is 1420. The van der Waals surface area contributed by atoms with Gasteiger partial charge < -0.3 is 25.0 Å². The topological polar surface area (TPSA) is 91.9 Å². The van der Waals surface area contributed by atoms with Crippen LogP contribution in [-0.4, -0.2) is 79.9 Å². The number of nitrogens with zero attached hydrogens (tertiary/aromatic N) is 4. The molecule has 0 radical (unpaired) electrons. The largest absolute Gasteiger partial charge is 0.495 e. The molecule has 1 atom stereocenters. The van der Waals surface area contributed by atoms with E-state index in [9.17, 15) is 13.6 Å². The summed E-state index contributed by atoms with van der Waals surface area (Å²) >= 11 is 12.2. The number of anilines is 3. The first-order valence-electron chi connectivity index (χ1n) is 14.0. The van der Waals surface area contributed by atoms with Crippen molar-refractivity contribution in [2.45, 2.75) is 44.2 Å². The molecule has 2 N–H and O–H groups in total. The first kappa shape index (κ1) is 30.5. The summed E-state index contributed by atoms with van der Waals surface area (Å²) in [6, 6.07) is 5.23. The Labute approximate surface area is 253 Å². The number of hydrogen-bond donors (Lipinski definition) is 2. The van der Waals surface area contributed by atoms with Crippen LogP contribution in [0.3, 0.4) is 0 Å². The van der Waals surface area contributed by atoms with Gasteiger partial charge in [0.05, 0.1) is 23.7 Å². The second-order valence-corrected chi connectivity index (χ2v) is 11.4. The van der Waals surface area contributed by atoms with Crippen molar-refractivity contribution in [1.82, 2.24) is 20.2 Å². The highest BCUT2D eigenvalue weighted by Gasteiger charge is 2.32. The Kier molecular flexibility index (Phi) is 9.82. The van der Waals surface area contributed by atoms with E-state index in [1.807, 2.05) is 4.90 Å². The maximum Gasteiger partial charge on any atom is 0.237 e. The highest BCUT2D eigenvalue weighted by atomic mass is 35.5. The summed E-state index contributed by atoms with van der Waals surface area (Å²) in [4.78, 5) is 26.7. The van der Waals surface area contributed by atoms with Crippen molar-refractivity contribution in [1.29, 1.82) is 0 Å². The van der Waals surface area contributed by atoms with Gasteiger partial charge in [-0.2, -0.15) is 4.98 Å². The molecule has 9 nitrogen and oxygen atoms in total. The molecule has 0 saturated carbocycles. The SMILES string of the molecule is COCCCN1CCCC1C(=O)NC1CCN(c2nc(Nc3c(F)cc(Cl)cc3F)c3cc(Cl)c(OC)cc3n2)CC1. The van der Waals surface area contributed by atoms with E-state index in [-0.39, 0.29) is 34.5 Å². The third-order valence-corrected chi connectivity index (χ3v) is 8.31. The molecule has 2 aromatic carbocycles. The van der Waals surface area contributed by atoms with Crippen LogP contribution in [0.4, 0.5) is 26.2 Å². The van der Waals surface area contributed by atoms with Crippen molar-refractivity contribution >= 4 is 57.5 Å². The average molecular weight is 624 g/mol. The molecule has 1 unspecified atom stereocenters. The molecule has 0 bridgehead atoms. The van der Waals surface area contributed by atoms with E-state index in [1.54, 1.807) is 19.2 Å². The second-order valence-electron chi connectivity index (χ2n) is 10.6. The molecule has 5 rings (SSSR count). The van der Waals surface area contributed by atoms with Gasteiger partial charge in [-0.05, 0) is 56.8 Å². The van der Waals surface area contributed by atoms with Gasteiger partial charge in [0.15, 0.2) is 11.6 Å². The zero-order chi connectivity index (χ0) is 29.8. The minimum Gasteiger partial charge on any atom is -0.495 e. The van der Waals surface area contributed by atoms with Crippen LogP contribution in [0.2, 0.25) is 10.0 Å². The van der Waals surface area contributed by atoms with Gasteiger partial charge >= 0.3 is 0 Å². The highest BCUT2D eigenvalue weighted by molar-refractivity contribution is 6.33. The summed E-state index contributed by atoms with van der Waals surface area (Å²) in [6.45, 7) is 3.63. The number of halogens is 4. The number of methoxy groups -OCH3 is 2. The smallest absolute Gasteiger partial charge is 0.237 e. The molecule has 13 heteroatoms. The van der Waals surface area contributed by atoms with E-state index < -0.39 is 11.6 Å². The molecule has 226 valence electrons. The molecule has 2 fully saturated rings. The van der Waals surface area contributed by atoms with Gasteiger partial charge in [0.25, 0.3) is 0 Å². The van der Waals surface area contributed by atoms with Crippen LogP contribution in [0.5, 0.6) is 5.75 Å². The average Bonchev–Trinajstić information content (AvgIpc) is 3.44. The number of carbonyl (C=O) groups excluding carboxylic acids is 1. The van der Waals surface area contributed by atoms with Crippen molar-refractivity contribution < 1.29 is 23.0 Å². The second kappa shape index (κ2) is 13.5. The summed E-state index contributed by atoms with van der Waals surface area (Å²) in [7, 11) is 3.18. The van der Waals surface area contributed by atoms with E-state index in [0.717, 1.165) is 44.5 Å². The van der Waals surface area contributed by atoms with E-state index in [2.05, 4.69) is 20.5 Å². The first-order chi connectivity index (χ1) is 20.3. The maximum absolute atomic E-state index is 14.7. The predicted molar refractivity (Wildman–Crippen MR) is 160 cm³/mol. The molecule has 2 aliphatic heterocycles. The van der Waals surface area contributed by atoms with Crippen LogP contribution in [0.1, 0.15) is 32.1 Å². The number of hydrogen-bond acceptors (Lipinski definition) is 8. The lowest BCUT2D eigenvalue weighted by atomic mass is 10.0. The van der Waals surface area contributed by atoms with Gasteiger partial charge in [0.2, 0.25) is 11.9 Å². The third kappa shape index (κ3) is 6.80. The number of amides is 1. The molecule has 1 aromatic heterocycles. The van der Waals surface area contributed by atoms with Crippen molar-refractivity contribution in [3.05, 3.63) is 45.9 Å². The van der Waals surface area contributed by atoms with Gasteiger partial charge in [-0.15, -0.1) is 0 Å². The van der Waals surface area contributed by atoms with Crippen molar-refractivity contribution in [3.63, 3.8) is 0 Å². The number of rotatable bonds is 10. The number of carbonyl (C=O) groups is 1. The van der Waals surface area contributed by atoms with Crippen LogP contribution in [0.15, 0.2) is 24.3 Å². The molecule has 2 saturated heterocycles. The molecule has 2 aliphatic rings. The number of piperidine rings is 1. The first-order valence-corrected chi connectivity index (χ1v) is 14.8. The Balaban J connectivity index is 1.32. The highest BCUT2D eigenvalue weighted by Crippen LogP contribution is 2.36. The van der Waals surface area contributed by atoms with Gasteiger partial charge in [-0.1, -0.05) is 23.2 Å². The van der Waals surface area contributed by atoms with Crippen molar-refractivity contribution in [3.8, 4) is 5.75 Å². The molecule has 0 aliphatic carbocycles. The monoisotopic (exact) mass is 622 g/mol. The Morgan fingerprint density at radius 1 is 1.05 bits per heavy atom. The Morgan fingerprint density at radius 3 is 2.48 bits per heavy atom. The third-order valence-electron chi connectivity index (χ3n) is 7.79. The van der Waals surface area contributed by atoms with E-state index >= 15 is 0 Å². The number of fused-ring (bicyclic) bond motifs is 1. The minimum atomic E-state index is -0.857. The van der Waals surface area contributed by atoms with Crippen LogP contribution in [-0.2, 0) is 9.53 Å². The fourth-order valence-electron chi connectivity index (χ4n) is 5.61. The Morgan fingerprint density at radius 2 is 1.79 bits per heavy atom. The van der Waals surface area contributed by atoms with Crippen LogP contribution in [0.25, 0.3) is 10.9 Å². The lowest BCUT2D eigenvalue weighted by molar-refractivity contribution is -0.126. The lowest BCUT2D eigenvalue weighted by Crippen LogP contribution is -2.50. The van der Waals surface area contributed by atoms with Crippen molar-refractivity contribution in [2.75, 3.05) is 57.2 Å². The molecule has 3 aromatic rings. The number of likely N-dealkylation sites (tertiary alicyclic amines) is 1. The van der Waals surface area contributed by atoms with Gasteiger partial charge in [0.1, 0.15) is 17.3 Å². The van der Waals surface area contributed by atoms with Gasteiger partial charge in [-0.3, -0.25) is 9.69 Å². The quantitative estimate of drug-likeness (QED) is 0.284. The minimum absolute atomic E-state index is 0.0318. The molecule has 0 spiro atoms. The van der Waals surface area contributed by atoms with Crippen molar-refractivity contribution in [2.24, 2.45) is 0 Å². The standard InChI is InChI=1S/C29H34Cl2F2N6O3/c1-41-12-4-9-38-8-3-5-24(38)28(40)34-18-6-10-39(11-7-18)29-35-23-16-25(42-2)20(31)15-19(23)27(37-29)36-26-21(32)13-17(30)14-22(26)33/h13-16,18,24H,3-12H2,1-2H3,(H,34,40)(H,35,36,37). The number of nitrogens with one attached hydrogen (secondary N) is 2. The number of aromatic nitrogens is 2. The van der Waals surface area contributed by atoms with Gasteiger partial charge in [-0.25, -0.2) is 13.8 Å². The van der Waals surface area contributed by atoms with E-state index in [4.69, 9.17) is 37.7 Å². The summed E-state index contributed by atoms with van der Waals surface area (Å²) in [5, 5.41) is 6.75. The molecular formula is C29H34Cl2F2N6O3. The fourth-order valence-corrected chi connectivity index (χ4v) is 6.05. The van der Waals surface area contributed by atoms with Crippen LogP contribution < -0.4 is 20.3 Å². The summed E-state index contributed by atoms with van der Waals surface area (Å²) < 4.78 is 39.9. The molecule has 3 heterocycles. The zero-order valence-electron chi connectivity index (χ0n) is 23.6. The summed E-state index contributed by atoms with van der Waals surface area (Å²) in [5.41, 5.74) is 0.102. The summed E-state index contributed by atoms with van der Waals surface area (Å²) in [6.07, 6.45) is 4.18. The maximum atomic E-state index is 14.7.